The summed E-state index contributed by atoms with van der Waals surface area (Å²) in [4.78, 5) is 29.9. The van der Waals surface area contributed by atoms with Crippen LogP contribution in [0.1, 0.15) is 61.4 Å². The normalized spacial score (nSPS) is 14.4. The van der Waals surface area contributed by atoms with Crippen molar-refractivity contribution in [3.8, 4) is 0 Å². The lowest BCUT2D eigenvalue weighted by atomic mass is 9.96. The van der Waals surface area contributed by atoms with Gasteiger partial charge in [-0.3, -0.25) is 19.4 Å². The molecule has 4 rings (SSSR count). The Morgan fingerprint density at radius 3 is 1.98 bits per heavy atom. The quantitative estimate of drug-likeness (QED) is 0.301. The number of carbonyl (C=O) groups excluding carboxylic acids is 1. The van der Waals surface area contributed by atoms with Crippen molar-refractivity contribution < 1.29 is 18.3 Å². The zero-order chi connectivity index (χ0) is 29.4. The average molecular weight is 564 g/mol. The van der Waals surface area contributed by atoms with Crippen molar-refractivity contribution >= 4 is 11.7 Å². The van der Waals surface area contributed by atoms with Crippen LogP contribution in [0.15, 0.2) is 71.5 Å². The first kappa shape index (κ1) is 30.3. The molecule has 1 saturated heterocycles. The van der Waals surface area contributed by atoms with Crippen molar-refractivity contribution in [1.29, 1.82) is 0 Å². The van der Waals surface area contributed by atoms with E-state index in [0.29, 0.717) is 30.9 Å². The highest BCUT2D eigenvalue weighted by Crippen LogP contribution is 2.30. The van der Waals surface area contributed by atoms with Gasteiger partial charge >= 0.3 is 5.97 Å². The molecule has 1 heterocycles. The second-order valence-electron chi connectivity index (χ2n) is 10.7. The molecule has 6 nitrogen and oxygen atoms in total. The Hall–Kier alpha value is -3.62. The summed E-state index contributed by atoms with van der Waals surface area (Å²) in [5.41, 5.74) is 4.05. The number of esters is 1. The van der Waals surface area contributed by atoms with Crippen LogP contribution in [-0.4, -0.2) is 55.1 Å². The van der Waals surface area contributed by atoms with Gasteiger partial charge in [-0.2, -0.15) is 0 Å². The lowest BCUT2D eigenvalue weighted by molar-refractivity contribution is -0.142. The third-order valence-electron chi connectivity index (χ3n) is 7.48. The van der Waals surface area contributed by atoms with Crippen molar-refractivity contribution in [3.05, 3.63) is 111 Å². The third kappa shape index (κ3) is 8.21. The molecule has 0 saturated carbocycles. The number of piperazine rings is 1. The predicted octanol–water partition coefficient (Wildman–Crippen LogP) is 5.72. The molecule has 0 radical (unpaired) electrons. The Kier molecular flexibility index (Phi) is 10.6. The van der Waals surface area contributed by atoms with E-state index in [-0.39, 0.29) is 41.4 Å². The van der Waals surface area contributed by atoms with Crippen molar-refractivity contribution in [3.63, 3.8) is 0 Å². The van der Waals surface area contributed by atoms with Crippen LogP contribution in [0.4, 0.5) is 14.5 Å². The maximum absolute atomic E-state index is 13.7. The number of rotatable bonds is 11. The number of halogens is 2. The van der Waals surface area contributed by atoms with Gasteiger partial charge in [0.25, 0.3) is 0 Å². The number of nitrogens with zero attached hydrogens (tertiary/aromatic N) is 2. The van der Waals surface area contributed by atoms with Gasteiger partial charge in [0.15, 0.2) is 0 Å². The first-order valence-corrected chi connectivity index (χ1v) is 14.3. The van der Waals surface area contributed by atoms with Gasteiger partial charge in [-0.05, 0) is 59.9 Å². The highest BCUT2D eigenvalue weighted by atomic mass is 19.1. The Labute approximate surface area is 240 Å². The van der Waals surface area contributed by atoms with E-state index in [1.807, 2.05) is 18.2 Å². The van der Waals surface area contributed by atoms with E-state index in [0.717, 1.165) is 42.9 Å². The molecule has 0 amide bonds. The highest BCUT2D eigenvalue weighted by Gasteiger charge is 2.27. The van der Waals surface area contributed by atoms with Crippen LogP contribution in [0.2, 0.25) is 0 Å². The lowest BCUT2D eigenvalue weighted by Crippen LogP contribution is -2.47. The fourth-order valence-corrected chi connectivity index (χ4v) is 5.20. The zero-order valence-corrected chi connectivity index (χ0v) is 24.0. The Balaban J connectivity index is 1.49. The molecule has 0 spiro atoms. The maximum Gasteiger partial charge on any atom is 0.307 e. The SMILES string of the molecule is CCOC(=O)CCNc1cc(C(C)C)ccc(CN2CCN(C(c3ccc(F)cc3)c3ccc(F)cc3)CC2)c1=O. The molecule has 0 aliphatic carbocycles. The first-order chi connectivity index (χ1) is 19.7. The van der Waals surface area contributed by atoms with Gasteiger partial charge in [0.05, 0.1) is 24.8 Å². The fraction of sp³-hybridized carbons (Fsp3) is 0.394. The number of ether oxygens (including phenoxy) is 1. The van der Waals surface area contributed by atoms with E-state index in [4.69, 9.17) is 4.74 Å². The van der Waals surface area contributed by atoms with Crippen molar-refractivity contribution in [2.75, 3.05) is 44.6 Å². The molecule has 218 valence electrons. The van der Waals surface area contributed by atoms with Crippen LogP contribution in [0.25, 0.3) is 0 Å². The van der Waals surface area contributed by atoms with Crippen LogP contribution in [0.5, 0.6) is 0 Å². The third-order valence-corrected chi connectivity index (χ3v) is 7.48. The number of nitrogens with one attached hydrogen (secondary N) is 1. The van der Waals surface area contributed by atoms with Gasteiger partial charge in [0.2, 0.25) is 5.43 Å². The molecule has 1 aliphatic heterocycles. The van der Waals surface area contributed by atoms with E-state index in [9.17, 15) is 18.4 Å². The molecule has 3 aromatic rings. The zero-order valence-electron chi connectivity index (χ0n) is 24.0. The van der Waals surface area contributed by atoms with Gasteiger partial charge in [-0.25, -0.2) is 8.78 Å². The molecule has 0 unspecified atom stereocenters. The molecule has 0 bridgehead atoms. The largest absolute Gasteiger partial charge is 0.466 e. The molecular weight excluding hydrogens is 524 g/mol. The summed E-state index contributed by atoms with van der Waals surface area (Å²) in [5, 5.41) is 3.17. The van der Waals surface area contributed by atoms with Crippen molar-refractivity contribution in [2.24, 2.45) is 0 Å². The van der Waals surface area contributed by atoms with Crippen LogP contribution in [-0.2, 0) is 16.1 Å². The van der Waals surface area contributed by atoms with Crippen LogP contribution in [0.3, 0.4) is 0 Å². The summed E-state index contributed by atoms with van der Waals surface area (Å²) in [7, 11) is 0. The molecule has 8 heteroatoms. The van der Waals surface area contributed by atoms with Gasteiger partial charge in [-0.1, -0.05) is 50.2 Å². The summed E-state index contributed by atoms with van der Waals surface area (Å²) in [6.45, 7) is 10.0. The van der Waals surface area contributed by atoms with Crippen molar-refractivity contribution in [2.45, 2.75) is 45.7 Å². The van der Waals surface area contributed by atoms with E-state index in [1.165, 1.54) is 24.3 Å². The maximum atomic E-state index is 13.7. The number of anilines is 1. The molecular formula is C33H39F2N3O3. The smallest absolute Gasteiger partial charge is 0.307 e. The van der Waals surface area contributed by atoms with E-state index >= 15 is 0 Å². The second-order valence-corrected chi connectivity index (χ2v) is 10.7. The van der Waals surface area contributed by atoms with E-state index < -0.39 is 0 Å². The Bertz CT molecular complexity index is 1310. The van der Waals surface area contributed by atoms with Crippen LogP contribution < -0.4 is 10.7 Å². The van der Waals surface area contributed by atoms with Crippen LogP contribution >= 0.6 is 0 Å². The highest BCUT2D eigenvalue weighted by molar-refractivity contribution is 5.70. The predicted molar refractivity (Wildman–Crippen MR) is 158 cm³/mol. The summed E-state index contributed by atoms with van der Waals surface area (Å²) in [6.07, 6.45) is 0.184. The van der Waals surface area contributed by atoms with Gasteiger partial charge in [0, 0.05) is 44.8 Å². The molecule has 3 aromatic carbocycles. The van der Waals surface area contributed by atoms with Crippen molar-refractivity contribution in [1.82, 2.24) is 9.80 Å². The molecule has 0 atom stereocenters. The topological polar surface area (TPSA) is 61.9 Å². The fourth-order valence-electron chi connectivity index (χ4n) is 5.20. The summed E-state index contributed by atoms with van der Waals surface area (Å²) >= 11 is 0. The molecule has 41 heavy (non-hydrogen) atoms. The van der Waals surface area contributed by atoms with Gasteiger partial charge in [-0.15, -0.1) is 0 Å². The van der Waals surface area contributed by atoms with E-state index in [1.54, 1.807) is 31.2 Å². The van der Waals surface area contributed by atoms with Crippen LogP contribution in [0, 0.1) is 11.6 Å². The second kappa shape index (κ2) is 14.3. The van der Waals surface area contributed by atoms with Gasteiger partial charge in [0.1, 0.15) is 11.6 Å². The first-order valence-electron chi connectivity index (χ1n) is 14.3. The minimum atomic E-state index is -0.297. The lowest BCUT2D eigenvalue weighted by Gasteiger charge is -2.39. The monoisotopic (exact) mass is 563 g/mol. The molecule has 1 N–H and O–H groups in total. The number of hydrogen-bond donors (Lipinski definition) is 1. The summed E-state index contributed by atoms with van der Waals surface area (Å²) in [5.74, 6) is -0.652. The number of hydrogen-bond acceptors (Lipinski definition) is 6. The summed E-state index contributed by atoms with van der Waals surface area (Å²) in [6, 6.07) is 18.6. The van der Waals surface area contributed by atoms with E-state index in [2.05, 4.69) is 29.0 Å². The molecule has 1 aliphatic rings. The summed E-state index contributed by atoms with van der Waals surface area (Å²) < 4.78 is 32.4. The Morgan fingerprint density at radius 2 is 1.44 bits per heavy atom. The minimum Gasteiger partial charge on any atom is -0.466 e. The number of benzene rings is 2. The molecule has 0 aromatic heterocycles. The average Bonchev–Trinajstić information content (AvgIpc) is 3.11. The minimum absolute atomic E-state index is 0.0707. The number of carbonyl (C=O) groups is 1. The Morgan fingerprint density at radius 1 is 0.878 bits per heavy atom. The standard InChI is InChI=1S/C33H39F2N3O3/c1-4-41-31(39)15-16-36-30-21-26(23(2)3)5-6-27(33(30)40)22-37-17-19-38(20-18-37)32(24-7-11-28(34)12-8-24)25-9-13-29(35)14-10-25/h5-14,21,23,32H,4,15-20,22H2,1-3H3,(H,36,40). The van der Waals surface area contributed by atoms with Gasteiger partial charge < -0.3 is 10.1 Å². The molecule has 1 fully saturated rings.